The number of nitrogens with zero attached hydrogens (tertiary/aromatic N) is 3. The molecule has 0 fully saturated rings. The van der Waals surface area contributed by atoms with Crippen molar-refractivity contribution >= 4 is 49.9 Å². The van der Waals surface area contributed by atoms with Crippen molar-refractivity contribution in [3.05, 3.63) is 62.7 Å². The minimum atomic E-state index is -0.506. The summed E-state index contributed by atoms with van der Waals surface area (Å²) in [5.74, 6) is -0.312. The lowest BCUT2D eigenvalue weighted by Crippen LogP contribution is -3.06. The maximum Gasteiger partial charge on any atom is 0.270 e. The fourth-order valence-corrected chi connectivity index (χ4v) is 4.23. The molecule has 0 unspecified atom stereocenters. The number of quaternary nitrogens is 1. The summed E-state index contributed by atoms with van der Waals surface area (Å²) < 4.78 is 0.897. The minimum absolute atomic E-state index is 0.115. The second-order valence-corrected chi connectivity index (χ2v) is 8.23. The van der Waals surface area contributed by atoms with Gasteiger partial charge in [-0.25, -0.2) is 4.98 Å². The van der Waals surface area contributed by atoms with Gasteiger partial charge in [-0.1, -0.05) is 29.0 Å². The number of anilines is 1. The van der Waals surface area contributed by atoms with Crippen molar-refractivity contribution in [3.63, 3.8) is 0 Å². The SMILES string of the molecule is Cc1cc(Cl)cc2sc(N(CC[NH+](C)C)C(=O)c3cccc([N+](=O)[O-])c3)nc12. The summed E-state index contributed by atoms with van der Waals surface area (Å²) in [6.45, 7) is 3.07. The molecule has 28 heavy (non-hydrogen) atoms. The summed E-state index contributed by atoms with van der Waals surface area (Å²) >= 11 is 7.54. The number of nitrogens with one attached hydrogen (secondary N) is 1. The van der Waals surface area contributed by atoms with Crippen molar-refractivity contribution < 1.29 is 14.6 Å². The zero-order valence-electron chi connectivity index (χ0n) is 15.7. The first-order valence-electron chi connectivity index (χ1n) is 8.68. The molecule has 0 radical (unpaired) electrons. The Morgan fingerprint density at radius 2 is 2.07 bits per heavy atom. The van der Waals surface area contributed by atoms with Gasteiger partial charge in [-0.2, -0.15) is 0 Å². The van der Waals surface area contributed by atoms with Gasteiger partial charge in [0.15, 0.2) is 5.13 Å². The molecule has 0 aliphatic heterocycles. The molecule has 9 heteroatoms. The van der Waals surface area contributed by atoms with E-state index in [9.17, 15) is 14.9 Å². The molecule has 3 aromatic rings. The number of non-ortho nitro benzene ring substituents is 1. The molecular weight excluding hydrogens is 400 g/mol. The number of likely N-dealkylation sites (N-methyl/N-ethyl adjacent to an activating group) is 1. The number of nitro groups is 1. The molecule has 0 bridgehead atoms. The van der Waals surface area contributed by atoms with Crippen LogP contribution in [0.25, 0.3) is 10.2 Å². The van der Waals surface area contributed by atoms with Gasteiger partial charge in [0, 0.05) is 22.7 Å². The maximum atomic E-state index is 13.2. The van der Waals surface area contributed by atoms with Gasteiger partial charge in [-0.3, -0.25) is 19.8 Å². The van der Waals surface area contributed by atoms with Gasteiger partial charge in [-0.05, 0) is 30.7 Å². The van der Waals surface area contributed by atoms with Gasteiger partial charge >= 0.3 is 0 Å². The highest BCUT2D eigenvalue weighted by atomic mass is 35.5. The number of rotatable bonds is 6. The molecule has 0 atom stereocenters. The third-order valence-electron chi connectivity index (χ3n) is 4.25. The lowest BCUT2D eigenvalue weighted by atomic mass is 10.2. The van der Waals surface area contributed by atoms with Crippen LogP contribution in [0.2, 0.25) is 5.02 Å². The van der Waals surface area contributed by atoms with Crippen LogP contribution >= 0.6 is 22.9 Å². The fraction of sp³-hybridized carbons (Fsp3) is 0.263. The van der Waals surface area contributed by atoms with Crippen molar-refractivity contribution in [2.45, 2.75) is 6.92 Å². The number of carbonyl (C=O) groups excluding carboxylic acids is 1. The van der Waals surface area contributed by atoms with E-state index in [4.69, 9.17) is 11.6 Å². The summed E-state index contributed by atoms with van der Waals surface area (Å²) in [5.41, 5.74) is 1.89. The van der Waals surface area contributed by atoms with Crippen LogP contribution in [0, 0.1) is 17.0 Å². The van der Waals surface area contributed by atoms with E-state index in [2.05, 4.69) is 4.98 Å². The molecule has 0 saturated carbocycles. The summed E-state index contributed by atoms with van der Waals surface area (Å²) in [5, 5.41) is 12.2. The van der Waals surface area contributed by atoms with Crippen molar-refractivity contribution in [1.29, 1.82) is 0 Å². The van der Waals surface area contributed by atoms with Crippen LogP contribution in [0.15, 0.2) is 36.4 Å². The predicted molar refractivity (Wildman–Crippen MR) is 112 cm³/mol. The Kier molecular flexibility index (Phi) is 5.93. The molecule has 1 amide bonds. The topological polar surface area (TPSA) is 80.8 Å². The molecule has 0 saturated heterocycles. The third kappa shape index (κ3) is 4.30. The smallest absolute Gasteiger partial charge is 0.270 e. The molecule has 0 aliphatic carbocycles. The van der Waals surface area contributed by atoms with Crippen LogP contribution in [0.5, 0.6) is 0 Å². The molecule has 1 N–H and O–H groups in total. The van der Waals surface area contributed by atoms with Gasteiger partial charge in [-0.15, -0.1) is 0 Å². The number of halogens is 1. The molecule has 1 aromatic heterocycles. The number of amides is 1. The average Bonchev–Trinajstić information content (AvgIpc) is 3.05. The van der Waals surface area contributed by atoms with Crippen molar-refractivity contribution in [1.82, 2.24) is 4.98 Å². The van der Waals surface area contributed by atoms with Crippen molar-refractivity contribution in [3.8, 4) is 0 Å². The maximum absolute atomic E-state index is 13.2. The first-order chi connectivity index (χ1) is 13.3. The number of aromatic nitrogens is 1. The van der Waals surface area contributed by atoms with Gasteiger partial charge in [0.2, 0.25) is 0 Å². The zero-order chi connectivity index (χ0) is 20.4. The van der Waals surface area contributed by atoms with E-state index < -0.39 is 4.92 Å². The van der Waals surface area contributed by atoms with E-state index in [0.29, 0.717) is 23.2 Å². The zero-order valence-corrected chi connectivity index (χ0v) is 17.3. The molecule has 1 heterocycles. The highest BCUT2D eigenvalue weighted by Gasteiger charge is 2.24. The highest BCUT2D eigenvalue weighted by Crippen LogP contribution is 2.33. The lowest BCUT2D eigenvalue weighted by Gasteiger charge is -2.20. The van der Waals surface area contributed by atoms with Crippen molar-refractivity contribution in [2.75, 3.05) is 32.1 Å². The van der Waals surface area contributed by atoms with E-state index in [0.717, 1.165) is 15.8 Å². The van der Waals surface area contributed by atoms with E-state index in [1.54, 1.807) is 11.0 Å². The molecule has 146 valence electrons. The summed E-state index contributed by atoms with van der Waals surface area (Å²) in [6, 6.07) is 9.44. The average molecular weight is 420 g/mol. The number of aryl methyl sites for hydroxylation is 1. The first-order valence-corrected chi connectivity index (χ1v) is 9.87. The third-order valence-corrected chi connectivity index (χ3v) is 5.50. The van der Waals surface area contributed by atoms with Gasteiger partial charge < -0.3 is 4.90 Å². The van der Waals surface area contributed by atoms with Gasteiger partial charge in [0.05, 0.1) is 42.3 Å². The summed E-state index contributed by atoms with van der Waals surface area (Å²) in [6.07, 6.45) is 0. The largest absolute Gasteiger partial charge is 0.338 e. The molecule has 3 rings (SSSR count). The number of fused-ring (bicyclic) bond motifs is 1. The van der Waals surface area contributed by atoms with E-state index in [1.165, 1.54) is 34.4 Å². The van der Waals surface area contributed by atoms with E-state index in [1.807, 2.05) is 33.2 Å². The summed E-state index contributed by atoms with van der Waals surface area (Å²) in [7, 11) is 4.00. The number of benzene rings is 2. The molecule has 7 nitrogen and oxygen atoms in total. The standard InChI is InChI=1S/C19H19ClN4O3S/c1-12-9-14(20)11-16-17(12)21-19(28-16)23(8-7-22(2)3)18(25)13-5-4-6-15(10-13)24(26)27/h4-6,9-11H,7-8H2,1-3H3/p+1. The van der Waals surface area contributed by atoms with Crippen molar-refractivity contribution in [2.24, 2.45) is 0 Å². The number of hydrogen-bond acceptors (Lipinski definition) is 5. The number of hydrogen-bond donors (Lipinski definition) is 1. The van der Waals surface area contributed by atoms with E-state index >= 15 is 0 Å². The molecule has 2 aromatic carbocycles. The van der Waals surface area contributed by atoms with E-state index in [-0.39, 0.29) is 17.2 Å². The van der Waals surface area contributed by atoms with Crippen LogP contribution in [-0.2, 0) is 0 Å². The molecular formula is C19H20ClN4O3S+. The Bertz CT molecular complexity index is 1050. The molecule has 0 spiro atoms. The van der Waals surface area contributed by atoms with Crippen LogP contribution in [0.1, 0.15) is 15.9 Å². The predicted octanol–water partition coefficient (Wildman–Crippen LogP) is 2.96. The van der Waals surface area contributed by atoms with Crippen LogP contribution in [0.3, 0.4) is 0 Å². The molecule has 0 aliphatic rings. The Morgan fingerprint density at radius 1 is 1.32 bits per heavy atom. The minimum Gasteiger partial charge on any atom is -0.338 e. The van der Waals surface area contributed by atoms with Gasteiger partial charge in [0.25, 0.3) is 11.6 Å². The number of nitro benzene ring substituents is 1. The van der Waals surface area contributed by atoms with Gasteiger partial charge in [0.1, 0.15) is 0 Å². The highest BCUT2D eigenvalue weighted by molar-refractivity contribution is 7.22. The number of thiazole rings is 1. The monoisotopic (exact) mass is 419 g/mol. The second kappa shape index (κ2) is 8.22. The van der Waals surface area contributed by atoms with Crippen LogP contribution < -0.4 is 9.80 Å². The quantitative estimate of drug-likeness (QED) is 0.492. The fourth-order valence-electron chi connectivity index (χ4n) is 2.79. The Morgan fingerprint density at radius 3 is 2.75 bits per heavy atom. The normalized spacial score (nSPS) is 11.2. The Labute approximate surface area is 171 Å². The lowest BCUT2D eigenvalue weighted by molar-refractivity contribution is -0.856. The summed E-state index contributed by atoms with van der Waals surface area (Å²) in [4.78, 5) is 31.2. The van der Waals surface area contributed by atoms with Crippen LogP contribution in [0.4, 0.5) is 10.8 Å². The Hall–Kier alpha value is -2.55. The second-order valence-electron chi connectivity index (χ2n) is 6.79. The number of carbonyl (C=O) groups is 1. The Balaban J connectivity index is 2.04. The first kappa shape index (κ1) is 20.2. The van der Waals surface area contributed by atoms with Crippen LogP contribution in [-0.4, -0.2) is 43.0 Å².